The first-order valence-electron chi connectivity index (χ1n) is 12.1. The molecule has 0 radical (unpaired) electrons. The zero-order valence-electron chi connectivity index (χ0n) is 21.4. The number of aryl methyl sites for hydroxylation is 1. The minimum Gasteiger partial charge on any atom is -0.480 e. The molecule has 200 valence electrons. The van der Waals surface area contributed by atoms with Crippen LogP contribution in [0, 0.1) is 12.8 Å². The molecule has 1 aliphatic carbocycles. The van der Waals surface area contributed by atoms with Crippen LogP contribution in [-0.4, -0.2) is 36.7 Å². The number of nitrogens with one attached hydrogen (secondary N) is 2. The number of carbonyl (C=O) groups excluding carboxylic acids is 1. The summed E-state index contributed by atoms with van der Waals surface area (Å²) >= 11 is 15.4. The molecule has 2 N–H and O–H groups in total. The van der Waals surface area contributed by atoms with Crippen LogP contribution in [-0.2, 0) is 9.53 Å². The zero-order chi connectivity index (χ0) is 26.8. The normalized spacial score (nSPS) is 13.4. The van der Waals surface area contributed by atoms with Gasteiger partial charge in [0.25, 0.3) is 0 Å². The van der Waals surface area contributed by atoms with Crippen LogP contribution >= 0.6 is 46.5 Å². The van der Waals surface area contributed by atoms with E-state index in [1.165, 1.54) is 31.2 Å². The molecule has 7 nitrogen and oxygen atoms in total. The average molecular weight is 584 g/mol. The molecular formula is C26H32Cl2N4O3S2. The van der Waals surface area contributed by atoms with E-state index in [2.05, 4.69) is 20.0 Å². The fraction of sp³-hybridized carbons (Fsp3) is 0.423. The highest BCUT2D eigenvalue weighted by atomic mass is 35.5. The summed E-state index contributed by atoms with van der Waals surface area (Å²) in [4.78, 5) is 22.0. The highest BCUT2D eigenvalue weighted by Gasteiger charge is 2.21. The molecule has 0 spiro atoms. The largest absolute Gasteiger partial charge is 0.480 e. The summed E-state index contributed by atoms with van der Waals surface area (Å²) in [7, 11) is 3.44. The maximum absolute atomic E-state index is 11.2. The number of hydrogen-bond donors (Lipinski definition) is 2. The maximum atomic E-state index is 11.2. The van der Waals surface area contributed by atoms with Crippen molar-refractivity contribution in [3.05, 3.63) is 46.2 Å². The molecule has 0 amide bonds. The second kappa shape index (κ2) is 14.7. The second-order valence-corrected chi connectivity index (χ2v) is 11.0. The van der Waals surface area contributed by atoms with Crippen molar-refractivity contribution in [2.45, 2.75) is 50.8 Å². The van der Waals surface area contributed by atoms with E-state index in [0.29, 0.717) is 28.2 Å². The number of halogens is 2. The predicted octanol–water partition coefficient (Wildman–Crippen LogP) is 8.12. The molecule has 0 aliphatic heterocycles. The van der Waals surface area contributed by atoms with Gasteiger partial charge in [0.1, 0.15) is 0 Å². The molecule has 0 saturated heterocycles. The van der Waals surface area contributed by atoms with Crippen molar-refractivity contribution in [2.75, 3.05) is 30.8 Å². The van der Waals surface area contributed by atoms with Crippen LogP contribution in [0.2, 0.25) is 10.0 Å². The Balaban J connectivity index is 0.000000289. The zero-order valence-corrected chi connectivity index (χ0v) is 24.5. The molecule has 0 unspecified atom stereocenters. The molecule has 1 aromatic carbocycles. The van der Waals surface area contributed by atoms with Gasteiger partial charge in [0.05, 0.1) is 50.8 Å². The van der Waals surface area contributed by atoms with E-state index in [1.807, 2.05) is 27.0 Å². The Kier molecular flexibility index (Phi) is 11.6. The number of methoxy groups -OCH3 is 1. The quantitative estimate of drug-likeness (QED) is 0.203. The van der Waals surface area contributed by atoms with E-state index in [0.717, 1.165) is 39.0 Å². The number of anilines is 2. The Hall–Kier alpha value is -2.20. The number of ether oxygens (including phenoxy) is 2. The van der Waals surface area contributed by atoms with Crippen LogP contribution < -0.4 is 14.8 Å². The van der Waals surface area contributed by atoms with Gasteiger partial charge in [-0.3, -0.25) is 4.79 Å². The van der Waals surface area contributed by atoms with Crippen molar-refractivity contribution < 1.29 is 14.3 Å². The lowest BCUT2D eigenvalue weighted by Gasteiger charge is -2.19. The summed E-state index contributed by atoms with van der Waals surface area (Å²) in [5.74, 6) is 0.751. The lowest BCUT2D eigenvalue weighted by atomic mass is 9.89. The van der Waals surface area contributed by atoms with Crippen molar-refractivity contribution >= 4 is 63.3 Å². The summed E-state index contributed by atoms with van der Waals surface area (Å²) < 4.78 is 13.5. The molecular weight excluding hydrogens is 551 g/mol. The number of para-hydroxylation sites is 1. The summed E-state index contributed by atoms with van der Waals surface area (Å²) in [5, 5.41) is 5.03. The monoisotopic (exact) mass is 582 g/mol. The van der Waals surface area contributed by atoms with Gasteiger partial charge >= 0.3 is 5.97 Å². The number of rotatable bonds is 8. The molecule has 1 aliphatic rings. The number of nitrogens with zero attached hydrogens (tertiary/aromatic N) is 2. The lowest BCUT2D eigenvalue weighted by Crippen LogP contribution is -2.20. The van der Waals surface area contributed by atoms with Gasteiger partial charge in [0.2, 0.25) is 5.88 Å². The molecule has 2 heterocycles. The van der Waals surface area contributed by atoms with Crippen LogP contribution in [0.15, 0.2) is 35.4 Å². The predicted molar refractivity (Wildman–Crippen MR) is 155 cm³/mol. The first-order chi connectivity index (χ1) is 17.9. The van der Waals surface area contributed by atoms with Gasteiger partial charge in [-0.05, 0) is 56.8 Å². The van der Waals surface area contributed by atoms with E-state index < -0.39 is 0 Å². The lowest BCUT2D eigenvalue weighted by molar-refractivity contribution is -0.149. The molecule has 11 heteroatoms. The van der Waals surface area contributed by atoms with Crippen LogP contribution in [0.1, 0.15) is 44.7 Å². The standard InChI is InChI=1S/C17H16Cl2N4OS2.C9H16O2/c1-9-15(25-17(20-2)22-9)10-7-13(16(24-3)21-8-10)26-23-14-11(18)5-4-6-12(14)19;1-2-11-9(10)8-6-4-3-5-7-8/h4-8,23H,1-3H3,(H,20,22);8H,2-7H2,1H3. The first-order valence-corrected chi connectivity index (χ1v) is 14.5. The van der Waals surface area contributed by atoms with Crippen LogP contribution in [0.4, 0.5) is 10.8 Å². The third kappa shape index (κ3) is 8.14. The van der Waals surface area contributed by atoms with E-state index in [9.17, 15) is 4.79 Å². The van der Waals surface area contributed by atoms with E-state index in [4.69, 9.17) is 32.7 Å². The molecule has 37 heavy (non-hydrogen) atoms. The average Bonchev–Trinajstić information content (AvgIpc) is 3.30. The van der Waals surface area contributed by atoms with E-state index >= 15 is 0 Å². The minimum absolute atomic E-state index is 0.0206. The number of hydrogen-bond acceptors (Lipinski definition) is 9. The van der Waals surface area contributed by atoms with E-state index in [-0.39, 0.29) is 11.9 Å². The molecule has 1 fully saturated rings. The van der Waals surface area contributed by atoms with Gasteiger partial charge in [-0.15, -0.1) is 0 Å². The third-order valence-corrected chi connectivity index (χ3v) is 8.41. The first kappa shape index (κ1) is 29.4. The minimum atomic E-state index is 0.0206. The maximum Gasteiger partial charge on any atom is 0.308 e. The number of pyridine rings is 1. The Bertz CT molecular complexity index is 1170. The van der Waals surface area contributed by atoms with Gasteiger partial charge in [-0.25, -0.2) is 9.97 Å². The molecule has 3 aromatic rings. The number of aromatic nitrogens is 2. The number of esters is 1. The van der Waals surface area contributed by atoms with Gasteiger partial charge in [0, 0.05) is 18.8 Å². The van der Waals surface area contributed by atoms with Crippen LogP contribution in [0.25, 0.3) is 10.4 Å². The molecule has 0 atom stereocenters. The highest BCUT2D eigenvalue weighted by Crippen LogP contribution is 2.39. The smallest absolute Gasteiger partial charge is 0.308 e. The van der Waals surface area contributed by atoms with Crippen molar-refractivity contribution in [3.8, 4) is 16.3 Å². The number of benzene rings is 1. The fourth-order valence-electron chi connectivity index (χ4n) is 3.85. The van der Waals surface area contributed by atoms with Gasteiger partial charge in [-0.1, -0.05) is 59.9 Å². The second-order valence-electron chi connectivity index (χ2n) is 8.30. The SMILES string of the molecule is CCOC(=O)C1CCCCC1.CNc1nc(C)c(-c2cnc(OC)c(SNc3c(Cl)cccc3Cl)c2)s1. The summed E-state index contributed by atoms with van der Waals surface area (Å²) in [6.07, 6.45) is 7.55. The molecule has 2 aromatic heterocycles. The van der Waals surface area contributed by atoms with Gasteiger partial charge < -0.3 is 19.5 Å². The molecule has 1 saturated carbocycles. The summed E-state index contributed by atoms with van der Waals surface area (Å²) in [5.41, 5.74) is 2.57. The van der Waals surface area contributed by atoms with Crippen molar-refractivity contribution in [1.82, 2.24) is 9.97 Å². The highest BCUT2D eigenvalue weighted by molar-refractivity contribution is 8.00. The summed E-state index contributed by atoms with van der Waals surface area (Å²) in [6.45, 7) is 4.36. The van der Waals surface area contributed by atoms with Crippen LogP contribution in [0.3, 0.4) is 0 Å². The Labute approximate surface area is 236 Å². The fourth-order valence-corrected chi connectivity index (χ4v) is 6.20. The van der Waals surface area contributed by atoms with Crippen molar-refractivity contribution in [2.24, 2.45) is 5.92 Å². The number of thiazole rings is 1. The Morgan fingerprint density at radius 1 is 1.22 bits per heavy atom. The van der Waals surface area contributed by atoms with Crippen molar-refractivity contribution in [1.29, 1.82) is 0 Å². The molecule has 0 bridgehead atoms. The Morgan fingerprint density at radius 2 is 1.92 bits per heavy atom. The summed E-state index contributed by atoms with van der Waals surface area (Å²) in [6, 6.07) is 7.37. The van der Waals surface area contributed by atoms with Gasteiger partial charge in [-0.2, -0.15) is 0 Å². The van der Waals surface area contributed by atoms with Crippen molar-refractivity contribution in [3.63, 3.8) is 0 Å². The van der Waals surface area contributed by atoms with Crippen LogP contribution in [0.5, 0.6) is 5.88 Å². The Morgan fingerprint density at radius 3 is 2.51 bits per heavy atom. The topological polar surface area (TPSA) is 85.4 Å². The van der Waals surface area contributed by atoms with E-state index in [1.54, 1.807) is 42.8 Å². The molecule has 4 rings (SSSR count). The third-order valence-electron chi connectivity index (χ3n) is 5.74. The number of carbonyl (C=O) groups is 1. The van der Waals surface area contributed by atoms with Gasteiger partial charge in [0.15, 0.2) is 5.13 Å².